The van der Waals surface area contributed by atoms with E-state index in [2.05, 4.69) is 35.1 Å². The van der Waals surface area contributed by atoms with E-state index in [1.165, 1.54) is 30.6 Å². The Morgan fingerprint density at radius 1 is 1.50 bits per heavy atom. The van der Waals surface area contributed by atoms with Gasteiger partial charge in [0.2, 0.25) is 5.91 Å². The maximum Gasteiger partial charge on any atom is 0.227 e. The number of nitrogens with one attached hydrogen (secondary N) is 2. The monoisotopic (exact) mass is 292 g/mol. The van der Waals surface area contributed by atoms with E-state index >= 15 is 0 Å². The lowest BCUT2D eigenvalue weighted by atomic mass is 9.87. The van der Waals surface area contributed by atoms with E-state index in [-0.39, 0.29) is 17.4 Å². The summed E-state index contributed by atoms with van der Waals surface area (Å²) < 4.78 is 0. The summed E-state index contributed by atoms with van der Waals surface area (Å²) in [6, 6.07) is 4.48. The Morgan fingerprint density at radius 2 is 2.30 bits per heavy atom. The second kappa shape index (κ2) is 5.86. The summed E-state index contributed by atoms with van der Waals surface area (Å²) in [4.78, 5) is 14.0. The molecule has 1 amide bonds. The Hall–Kier alpha value is -0.870. The van der Waals surface area contributed by atoms with Crippen molar-refractivity contribution in [2.75, 3.05) is 13.1 Å². The number of thiophene rings is 1. The molecular formula is C16H24N2OS. The number of hydrogen-bond donors (Lipinski definition) is 2. The molecule has 0 spiro atoms. The second-order valence-corrected chi connectivity index (χ2v) is 7.48. The summed E-state index contributed by atoms with van der Waals surface area (Å²) in [5.41, 5.74) is -0.228. The van der Waals surface area contributed by atoms with E-state index in [1.807, 2.05) is 0 Å². The molecule has 2 unspecified atom stereocenters. The first-order chi connectivity index (χ1) is 9.69. The van der Waals surface area contributed by atoms with Crippen molar-refractivity contribution in [2.24, 2.45) is 11.3 Å². The Balaban J connectivity index is 1.74. The largest absolute Gasteiger partial charge is 0.348 e. The number of amides is 1. The molecule has 4 heteroatoms. The fourth-order valence-corrected chi connectivity index (χ4v) is 4.38. The number of carbonyl (C=O) groups is 1. The molecule has 1 saturated carbocycles. The second-order valence-electron chi connectivity index (χ2n) is 6.50. The Labute approximate surface area is 125 Å². The molecule has 2 N–H and O–H groups in total. The van der Waals surface area contributed by atoms with Gasteiger partial charge in [0.1, 0.15) is 0 Å². The zero-order chi connectivity index (χ0) is 14.0. The van der Waals surface area contributed by atoms with Crippen molar-refractivity contribution in [3.8, 4) is 0 Å². The molecule has 0 bridgehead atoms. The van der Waals surface area contributed by atoms with Crippen molar-refractivity contribution in [2.45, 2.75) is 45.1 Å². The Bertz CT molecular complexity index is 445. The van der Waals surface area contributed by atoms with Gasteiger partial charge in [-0.2, -0.15) is 0 Å². The first kappa shape index (κ1) is 14.1. The van der Waals surface area contributed by atoms with Crippen molar-refractivity contribution in [1.82, 2.24) is 10.6 Å². The van der Waals surface area contributed by atoms with Crippen LogP contribution >= 0.6 is 11.3 Å². The minimum atomic E-state index is -0.228. The lowest BCUT2D eigenvalue weighted by Crippen LogP contribution is -2.43. The van der Waals surface area contributed by atoms with E-state index in [1.54, 1.807) is 11.3 Å². The van der Waals surface area contributed by atoms with Crippen LogP contribution in [0.1, 0.15) is 49.9 Å². The zero-order valence-electron chi connectivity index (χ0n) is 12.2. The molecule has 2 aliphatic rings. The molecule has 1 aliphatic carbocycles. The Kier molecular flexibility index (Phi) is 4.13. The third-order valence-corrected chi connectivity index (χ3v) is 5.88. The molecule has 110 valence electrons. The maximum absolute atomic E-state index is 12.7. The molecular weight excluding hydrogens is 268 g/mol. The number of carbonyl (C=O) groups excluding carboxylic acids is 1. The lowest BCUT2D eigenvalue weighted by Gasteiger charge is -2.29. The van der Waals surface area contributed by atoms with Crippen LogP contribution in [0.15, 0.2) is 17.5 Å². The van der Waals surface area contributed by atoms with Crippen molar-refractivity contribution < 1.29 is 4.79 Å². The van der Waals surface area contributed by atoms with Crippen LogP contribution in [0.4, 0.5) is 0 Å². The van der Waals surface area contributed by atoms with Gasteiger partial charge in [-0.25, -0.2) is 0 Å². The molecule has 3 rings (SSSR count). The van der Waals surface area contributed by atoms with Crippen LogP contribution in [0, 0.1) is 11.3 Å². The standard InChI is InChI=1S/C16H24N2OS/c1-16(8-9-17-11-16)15(19)18-14(12-5-2-3-6-12)13-7-4-10-20-13/h4,7,10,12,14,17H,2-3,5-6,8-9,11H2,1H3,(H,18,19). The highest BCUT2D eigenvalue weighted by atomic mass is 32.1. The zero-order valence-corrected chi connectivity index (χ0v) is 13.0. The predicted molar refractivity (Wildman–Crippen MR) is 82.8 cm³/mol. The van der Waals surface area contributed by atoms with Gasteiger partial charge in [-0.3, -0.25) is 4.79 Å². The fourth-order valence-electron chi connectivity index (χ4n) is 3.51. The van der Waals surface area contributed by atoms with Crippen LogP contribution in [0.25, 0.3) is 0 Å². The molecule has 2 atom stereocenters. The minimum Gasteiger partial charge on any atom is -0.348 e. The average Bonchev–Trinajstić information content (AvgIpc) is 3.18. The Morgan fingerprint density at radius 3 is 2.90 bits per heavy atom. The topological polar surface area (TPSA) is 41.1 Å². The van der Waals surface area contributed by atoms with Crippen LogP contribution in [0.2, 0.25) is 0 Å². The van der Waals surface area contributed by atoms with Gasteiger partial charge in [0, 0.05) is 11.4 Å². The van der Waals surface area contributed by atoms with Gasteiger partial charge in [-0.15, -0.1) is 11.3 Å². The molecule has 2 fully saturated rings. The molecule has 1 saturated heterocycles. The summed E-state index contributed by atoms with van der Waals surface area (Å²) in [6.45, 7) is 3.85. The molecule has 3 nitrogen and oxygen atoms in total. The lowest BCUT2D eigenvalue weighted by molar-refractivity contribution is -0.130. The van der Waals surface area contributed by atoms with Crippen LogP contribution in [0.5, 0.6) is 0 Å². The van der Waals surface area contributed by atoms with Gasteiger partial charge in [0.25, 0.3) is 0 Å². The van der Waals surface area contributed by atoms with Crippen LogP contribution in [0.3, 0.4) is 0 Å². The number of rotatable bonds is 4. The maximum atomic E-state index is 12.7. The van der Waals surface area contributed by atoms with E-state index in [9.17, 15) is 4.79 Å². The molecule has 1 aromatic heterocycles. The smallest absolute Gasteiger partial charge is 0.227 e. The molecule has 0 aromatic carbocycles. The van der Waals surface area contributed by atoms with Crippen LogP contribution in [-0.2, 0) is 4.79 Å². The van der Waals surface area contributed by atoms with Crippen molar-refractivity contribution >= 4 is 17.2 Å². The van der Waals surface area contributed by atoms with E-state index in [0.717, 1.165) is 19.5 Å². The highest BCUT2D eigenvalue weighted by Crippen LogP contribution is 2.38. The summed E-state index contributed by atoms with van der Waals surface area (Å²) in [5.74, 6) is 0.850. The summed E-state index contributed by atoms with van der Waals surface area (Å²) in [5, 5.41) is 8.80. The third-order valence-electron chi connectivity index (χ3n) is 4.92. The summed E-state index contributed by atoms with van der Waals surface area (Å²) in [7, 11) is 0. The van der Waals surface area contributed by atoms with Crippen molar-refractivity contribution in [3.63, 3.8) is 0 Å². The van der Waals surface area contributed by atoms with Crippen LogP contribution < -0.4 is 10.6 Å². The van der Waals surface area contributed by atoms with E-state index in [0.29, 0.717) is 5.92 Å². The van der Waals surface area contributed by atoms with Gasteiger partial charge in [-0.05, 0) is 50.1 Å². The first-order valence-corrected chi connectivity index (χ1v) is 8.62. The molecule has 1 aromatic rings. The van der Waals surface area contributed by atoms with E-state index < -0.39 is 0 Å². The molecule has 1 aliphatic heterocycles. The summed E-state index contributed by atoms with van der Waals surface area (Å²) >= 11 is 1.77. The van der Waals surface area contributed by atoms with Gasteiger partial charge >= 0.3 is 0 Å². The fraction of sp³-hybridized carbons (Fsp3) is 0.688. The highest BCUT2D eigenvalue weighted by Gasteiger charge is 2.39. The summed E-state index contributed by atoms with van der Waals surface area (Å²) in [6.07, 6.45) is 6.05. The van der Waals surface area contributed by atoms with Gasteiger partial charge < -0.3 is 10.6 Å². The third kappa shape index (κ3) is 2.77. The average molecular weight is 292 g/mol. The van der Waals surface area contributed by atoms with E-state index in [4.69, 9.17) is 0 Å². The van der Waals surface area contributed by atoms with Crippen LogP contribution in [-0.4, -0.2) is 19.0 Å². The normalized spacial score (nSPS) is 28.6. The first-order valence-electron chi connectivity index (χ1n) is 7.74. The molecule has 0 radical (unpaired) electrons. The van der Waals surface area contributed by atoms with Crippen molar-refractivity contribution in [3.05, 3.63) is 22.4 Å². The number of hydrogen-bond acceptors (Lipinski definition) is 3. The highest BCUT2D eigenvalue weighted by molar-refractivity contribution is 7.10. The quantitative estimate of drug-likeness (QED) is 0.895. The van der Waals surface area contributed by atoms with Crippen molar-refractivity contribution in [1.29, 1.82) is 0 Å². The van der Waals surface area contributed by atoms with Gasteiger partial charge in [0.05, 0.1) is 11.5 Å². The SMILES string of the molecule is CC1(C(=O)NC(c2cccs2)C2CCCC2)CCNC1. The van der Waals surface area contributed by atoms with Gasteiger partial charge in [-0.1, -0.05) is 18.9 Å². The predicted octanol–water partition coefficient (Wildman–Crippen LogP) is 3.10. The minimum absolute atomic E-state index is 0.224. The molecule has 2 heterocycles. The van der Waals surface area contributed by atoms with Gasteiger partial charge in [0.15, 0.2) is 0 Å². The molecule has 20 heavy (non-hydrogen) atoms.